The van der Waals surface area contributed by atoms with Crippen molar-refractivity contribution in [2.75, 3.05) is 26.2 Å². The van der Waals surface area contributed by atoms with Crippen LogP contribution < -0.4 is 5.32 Å². The Bertz CT molecular complexity index is 584. The average molecular weight is 331 g/mol. The van der Waals surface area contributed by atoms with E-state index in [1.54, 1.807) is 6.20 Å². The molecule has 1 saturated heterocycles. The van der Waals surface area contributed by atoms with E-state index in [9.17, 15) is 9.59 Å². The van der Waals surface area contributed by atoms with Crippen LogP contribution in [-0.2, 0) is 19.7 Å². The number of hydrogen-bond acceptors (Lipinski definition) is 4. The number of carbonyl (C=O) groups is 2. The Hall–Kier alpha value is -1.95. The summed E-state index contributed by atoms with van der Waals surface area (Å²) in [5, 5.41) is 2.77. The lowest BCUT2D eigenvalue weighted by atomic mass is 9.78. The Morgan fingerprint density at radius 1 is 1.42 bits per heavy atom. The number of rotatable bonds is 4. The molecule has 2 heterocycles. The lowest BCUT2D eigenvalue weighted by molar-refractivity contribution is -0.145. The summed E-state index contributed by atoms with van der Waals surface area (Å²) >= 11 is 0. The second kappa shape index (κ2) is 7.30. The molecule has 0 aromatic carbocycles. The minimum absolute atomic E-state index is 0.0790. The van der Waals surface area contributed by atoms with Gasteiger partial charge in [-0.25, -0.2) is 0 Å². The molecular weight excluding hydrogens is 306 g/mol. The summed E-state index contributed by atoms with van der Waals surface area (Å²) in [6.07, 6.45) is 7.34. The van der Waals surface area contributed by atoms with Crippen LogP contribution in [0.5, 0.6) is 0 Å². The first-order valence-electron chi connectivity index (χ1n) is 8.68. The lowest BCUT2D eigenvalue weighted by Gasteiger charge is -2.39. The highest BCUT2D eigenvalue weighted by Crippen LogP contribution is 2.42. The van der Waals surface area contributed by atoms with Gasteiger partial charge in [-0.1, -0.05) is 18.9 Å². The zero-order valence-electron chi connectivity index (χ0n) is 14.2. The largest absolute Gasteiger partial charge is 0.373 e. The summed E-state index contributed by atoms with van der Waals surface area (Å²) in [6.45, 7) is 3.58. The number of nitrogens with one attached hydrogen (secondary N) is 1. The van der Waals surface area contributed by atoms with Crippen LogP contribution in [0, 0.1) is 0 Å². The summed E-state index contributed by atoms with van der Waals surface area (Å²) in [7, 11) is 0. The molecule has 1 aliphatic heterocycles. The number of hydrogen-bond donors (Lipinski definition) is 1. The van der Waals surface area contributed by atoms with Crippen LogP contribution in [0.4, 0.5) is 0 Å². The second-order valence-electron chi connectivity index (χ2n) is 6.71. The molecule has 6 heteroatoms. The van der Waals surface area contributed by atoms with Crippen molar-refractivity contribution in [3.63, 3.8) is 0 Å². The van der Waals surface area contributed by atoms with Crippen molar-refractivity contribution >= 4 is 11.8 Å². The van der Waals surface area contributed by atoms with Crippen LogP contribution in [0.15, 0.2) is 24.5 Å². The van der Waals surface area contributed by atoms with Gasteiger partial charge in [0.15, 0.2) is 0 Å². The van der Waals surface area contributed by atoms with Gasteiger partial charge in [-0.15, -0.1) is 0 Å². The maximum absolute atomic E-state index is 13.4. The van der Waals surface area contributed by atoms with Crippen LogP contribution in [0.2, 0.25) is 0 Å². The quantitative estimate of drug-likeness (QED) is 0.901. The van der Waals surface area contributed by atoms with E-state index in [1.807, 2.05) is 23.2 Å². The van der Waals surface area contributed by atoms with E-state index in [1.165, 1.54) is 6.92 Å². The zero-order chi connectivity index (χ0) is 17.0. The minimum Gasteiger partial charge on any atom is -0.373 e. The fraction of sp³-hybridized carbons (Fsp3) is 0.611. The van der Waals surface area contributed by atoms with Gasteiger partial charge in [-0.3, -0.25) is 14.6 Å². The maximum Gasteiger partial charge on any atom is 0.233 e. The first kappa shape index (κ1) is 16.9. The topological polar surface area (TPSA) is 71.5 Å². The van der Waals surface area contributed by atoms with Crippen molar-refractivity contribution in [1.29, 1.82) is 0 Å². The van der Waals surface area contributed by atoms with E-state index in [0.29, 0.717) is 26.2 Å². The Kier molecular flexibility index (Phi) is 5.14. The molecule has 2 amide bonds. The molecule has 1 aromatic rings. The van der Waals surface area contributed by atoms with Gasteiger partial charge in [-0.2, -0.15) is 0 Å². The van der Waals surface area contributed by atoms with Crippen molar-refractivity contribution in [1.82, 2.24) is 15.2 Å². The van der Waals surface area contributed by atoms with E-state index in [0.717, 1.165) is 31.2 Å². The standard InChI is InChI=1S/C18H25N3O3/c1-14(22)20-12-16-13-21(9-10-24-16)17(23)18(6-2-3-7-18)15-5-4-8-19-11-15/h4-5,8,11,16H,2-3,6-7,9-10,12-13H2,1H3,(H,20,22). The third kappa shape index (κ3) is 3.43. The molecule has 0 bridgehead atoms. The van der Waals surface area contributed by atoms with Crippen molar-refractivity contribution < 1.29 is 14.3 Å². The van der Waals surface area contributed by atoms with Crippen LogP contribution in [0.25, 0.3) is 0 Å². The normalized spacial score (nSPS) is 23.0. The molecule has 0 spiro atoms. The monoisotopic (exact) mass is 331 g/mol. The van der Waals surface area contributed by atoms with Crippen LogP contribution in [0.3, 0.4) is 0 Å². The van der Waals surface area contributed by atoms with Crippen LogP contribution >= 0.6 is 0 Å². The number of aromatic nitrogens is 1. The van der Waals surface area contributed by atoms with Crippen molar-refractivity contribution in [3.8, 4) is 0 Å². The highest BCUT2D eigenvalue weighted by atomic mass is 16.5. The lowest BCUT2D eigenvalue weighted by Crippen LogP contribution is -2.54. The van der Waals surface area contributed by atoms with Crippen molar-refractivity contribution in [3.05, 3.63) is 30.1 Å². The molecule has 1 aromatic heterocycles. The number of carbonyl (C=O) groups excluding carboxylic acids is 2. The summed E-state index contributed by atoms with van der Waals surface area (Å²) < 4.78 is 5.69. The van der Waals surface area contributed by atoms with Crippen LogP contribution in [-0.4, -0.2) is 54.0 Å². The Morgan fingerprint density at radius 3 is 2.88 bits per heavy atom. The molecule has 6 nitrogen and oxygen atoms in total. The molecule has 2 aliphatic rings. The van der Waals surface area contributed by atoms with Gasteiger partial charge in [0.25, 0.3) is 0 Å². The van der Waals surface area contributed by atoms with Gasteiger partial charge in [0.1, 0.15) is 0 Å². The molecule has 1 aliphatic carbocycles. The van der Waals surface area contributed by atoms with Gasteiger partial charge in [0, 0.05) is 39.0 Å². The second-order valence-corrected chi connectivity index (χ2v) is 6.71. The van der Waals surface area contributed by atoms with E-state index >= 15 is 0 Å². The fourth-order valence-corrected chi connectivity index (χ4v) is 3.84. The van der Waals surface area contributed by atoms with Crippen LogP contribution in [0.1, 0.15) is 38.2 Å². The SMILES string of the molecule is CC(=O)NCC1CN(C(=O)C2(c3cccnc3)CCCC2)CCO1. The van der Waals surface area contributed by atoms with Gasteiger partial charge >= 0.3 is 0 Å². The molecule has 130 valence electrons. The summed E-state index contributed by atoms with van der Waals surface area (Å²) in [4.78, 5) is 30.6. The van der Waals surface area contributed by atoms with E-state index < -0.39 is 5.41 Å². The highest BCUT2D eigenvalue weighted by molar-refractivity contribution is 5.88. The first-order valence-corrected chi connectivity index (χ1v) is 8.68. The Balaban J connectivity index is 1.75. The molecule has 24 heavy (non-hydrogen) atoms. The number of amides is 2. The molecule has 1 unspecified atom stereocenters. The van der Waals surface area contributed by atoms with E-state index in [2.05, 4.69) is 10.3 Å². The Labute approximate surface area is 142 Å². The number of nitrogens with zero attached hydrogens (tertiary/aromatic N) is 2. The zero-order valence-corrected chi connectivity index (χ0v) is 14.2. The summed E-state index contributed by atoms with van der Waals surface area (Å²) in [6, 6.07) is 3.92. The van der Waals surface area contributed by atoms with E-state index in [-0.39, 0.29) is 17.9 Å². The number of morpholine rings is 1. The first-order chi connectivity index (χ1) is 11.6. The highest BCUT2D eigenvalue weighted by Gasteiger charge is 2.45. The van der Waals surface area contributed by atoms with Crippen molar-refractivity contribution in [2.45, 2.75) is 44.1 Å². The Morgan fingerprint density at radius 2 is 2.21 bits per heavy atom. The third-order valence-corrected chi connectivity index (χ3v) is 5.09. The fourth-order valence-electron chi connectivity index (χ4n) is 3.84. The average Bonchev–Trinajstić information content (AvgIpc) is 3.11. The van der Waals surface area contributed by atoms with Gasteiger partial charge in [-0.05, 0) is 24.5 Å². The molecule has 2 fully saturated rings. The molecule has 1 atom stereocenters. The van der Waals surface area contributed by atoms with Crippen molar-refractivity contribution in [2.24, 2.45) is 0 Å². The summed E-state index contributed by atoms with van der Waals surface area (Å²) in [5.41, 5.74) is 0.585. The smallest absolute Gasteiger partial charge is 0.233 e. The molecule has 3 rings (SSSR count). The molecule has 1 N–H and O–H groups in total. The van der Waals surface area contributed by atoms with Gasteiger partial charge < -0.3 is 15.0 Å². The predicted octanol–water partition coefficient (Wildman–Crippen LogP) is 1.26. The minimum atomic E-state index is -0.440. The van der Waals surface area contributed by atoms with Gasteiger partial charge in [0.2, 0.25) is 11.8 Å². The third-order valence-electron chi connectivity index (χ3n) is 5.09. The molecule has 0 radical (unpaired) electrons. The molecule has 1 saturated carbocycles. The van der Waals surface area contributed by atoms with E-state index in [4.69, 9.17) is 4.74 Å². The maximum atomic E-state index is 13.4. The number of ether oxygens (including phenoxy) is 1. The summed E-state index contributed by atoms with van der Waals surface area (Å²) in [5.74, 6) is 0.105. The predicted molar refractivity (Wildman–Crippen MR) is 89.4 cm³/mol. The van der Waals surface area contributed by atoms with Gasteiger partial charge in [0.05, 0.1) is 18.1 Å². The number of pyridine rings is 1. The molecular formula is C18H25N3O3.